The molecule has 2 heterocycles. The van der Waals surface area contributed by atoms with Crippen molar-refractivity contribution in [2.24, 2.45) is 0 Å². The van der Waals surface area contributed by atoms with Crippen LogP contribution in [0.3, 0.4) is 0 Å². The summed E-state index contributed by atoms with van der Waals surface area (Å²) in [6.45, 7) is 2.54. The molecule has 0 amide bonds. The standard InChI is InChI=1S/C22H19ClN4OS/c1-15-19(27-22(28-15)16-7-3-2-4-8-16)13-29-21-11-20(25-14-26-21)24-12-17-9-5-6-10-18(17)23/h2-11,14H,12-13H2,1H3,(H,24,25,26). The van der Waals surface area contributed by atoms with Crippen LogP contribution in [-0.2, 0) is 12.3 Å². The summed E-state index contributed by atoms with van der Waals surface area (Å²) in [7, 11) is 0. The van der Waals surface area contributed by atoms with Gasteiger partial charge in [-0.15, -0.1) is 0 Å². The molecule has 7 heteroatoms. The lowest BCUT2D eigenvalue weighted by atomic mass is 10.2. The number of rotatable bonds is 7. The van der Waals surface area contributed by atoms with Crippen LogP contribution in [0.4, 0.5) is 5.82 Å². The van der Waals surface area contributed by atoms with E-state index >= 15 is 0 Å². The van der Waals surface area contributed by atoms with Crippen LogP contribution in [0.15, 0.2) is 76.4 Å². The van der Waals surface area contributed by atoms with Crippen LogP contribution in [0.1, 0.15) is 17.0 Å². The van der Waals surface area contributed by atoms with Crippen LogP contribution in [0.25, 0.3) is 11.5 Å². The second-order valence-corrected chi connectivity index (χ2v) is 7.77. The van der Waals surface area contributed by atoms with Crippen molar-refractivity contribution < 1.29 is 4.42 Å². The van der Waals surface area contributed by atoms with Gasteiger partial charge in [-0.25, -0.2) is 15.0 Å². The fourth-order valence-corrected chi connectivity index (χ4v) is 3.82. The Balaban J connectivity index is 1.40. The maximum Gasteiger partial charge on any atom is 0.226 e. The minimum absolute atomic E-state index is 0.601. The molecule has 0 radical (unpaired) electrons. The molecule has 2 aromatic carbocycles. The number of benzene rings is 2. The molecule has 0 spiro atoms. The molecule has 0 aliphatic rings. The van der Waals surface area contributed by atoms with Crippen molar-refractivity contribution in [2.75, 3.05) is 5.32 Å². The predicted octanol–water partition coefficient (Wildman–Crippen LogP) is 6.00. The molecule has 29 heavy (non-hydrogen) atoms. The summed E-state index contributed by atoms with van der Waals surface area (Å²) in [6, 6.07) is 19.6. The average Bonchev–Trinajstić information content (AvgIpc) is 3.13. The Morgan fingerprint density at radius 2 is 1.83 bits per heavy atom. The molecule has 0 atom stereocenters. The minimum atomic E-state index is 0.601. The van der Waals surface area contributed by atoms with E-state index in [2.05, 4.69) is 20.3 Å². The van der Waals surface area contributed by atoms with E-state index in [0.29, 0.717) is 18.2 Å². The molecule has 4 rings (SSSR count). The summed E-state index contributed by atoms with van der Waals surface area (Å²) in [5, 5.41) is 4.90. The number of anilines is 1. The largest absolute Gasteiger partial charge is 0.441 e. The maximum atomic E-state index is 6.21. The van der Waals surface area contributed by atoms with Crippen molar-refractivity contribution in [1.29, 1.82) is 0 Å². The summed E-state index contributed by atoms with van der Waals surface area (Å²) in [5.74, 6) is 2.89. The van der Waals surface area contributed by atoms with Gasteiger partial charge in [0.15, 0.2) is 0 Å². The van der Waals surface area contributed by atoms with Crippen LogP contribution >= 0.6 is 23.4 Å². The monoisotopic (exact) mass is 422 g/mol. The van der Waals surface area contributed by atoms with E-state index in [0.717, 1.165) is 38.4 Å². The van der Waals surface area contributed by atoms with Gasteiger partial charge in [0.2, 0.25) is 5.89 Å². The lowest BCUT2D eigenvalue weighted by molar-refractivity contribution is 0.540. The number of aryl methyl sites for hydroxylation is 1. The van der Waals surface area contributed by atoms with Gasteiger partial charge in [0, 0.05) is 29.0 Å². The van der Waals surface area contributed by atoms with Crippen molar-refractivity contribution in [3.63, 3.8) is 0 Å². The van der Waals surface area contributed by atoms with Gasteiger partial charge in [0.25, 0.3) is 0 Å². The van der Waals surface area contributed by atoms with Gasteiger partial charge in [-0.05, 0) is 30.7 Å². The van der Waals surface area contributed by atoms with Gasteiger partial charge in [0.1, 0.15) is 22.9 Å². The fraction of sp³-hybridized carbons (Fsp3) is 0.136. The first-order chi connectivity index (χ1) is 14.2. The van der Waals surface area contributed by atoms with Crippen molar-refractivity contribution in [1.82, 2.24) is 15.0 Å². The summed E-state index contributed by atoms with van der Waals surface area (Å²) in [4.78, 5) is 13.3. The van der Waals surface area contributed by atoms with Crippen LogP contribution in [0, 0.1) is 6.92 Å². The zero-order chi connectivity index (χ0) is 20.1. The second-order valence-electron chi connectivity index (χ2n) is 6.36. The normalized spacial score (nSPS) is 10.8. The zero-order valence-corrected chi connectivity index (χ0v) is 17.4. The van der Waals surface area contributed by atoms with Crippen molar-refractivity contribution in [3.05, 3.63) is 89.0 Å². The van der Waals surface area contributed by atoms with Crippen LogP contribution < -0.4 is 5.32 Å². The first-order valence-corrected chi connectivity index (χ1v) is 10.5. The Labute approximate surface area is 178 Å². The number of oxazole rings is 1. The van der Waals surface area contributed by atoms with Crippen molar-refractivity contribution in [3.8, 4) is 11.5 Å². The summed E-state index contributed by atoms with van der Waals surface area (Å²) in [5.41, 5.74) is 2.91. The molecule has 4 aromatic rings. The SMILES string of the molecule is Cc1oc(-c2ccccc2)nc1CSc1cc(NCc2ccccc2Cl)ncn1. The first-order valence-electron chi connectivity index (χ1n) is 9.13. The zero-order valence-electron chi connectivity index (χ0n) is 15.8. The van der Waals surface area contributed by atoms with Crippen LogP contribution in [-0.4, -0.2) is 15.0 Å². The van der Waals surface area contributed by atoms with Crippen molar-refractivity contribution in [2.45, 2.75) is 24.2 Å². The third kappa shape index (κ3) is 4.96. The fourth-order valence-electron chi connectivity index (χ4n) is 2.75. The number of thioether (sulfide) groups is 1. The van der Waals surface area contributed by atoms with Gasteiger partial charge < -0.3 is 9.73 Å². The highest BCUT2D eigenvalue weighted by atomic mass is 35.5. The molecule has 2 aromatic heterocycles. The Bertz CT molecular complexity index is 1100. The molecule has 0 saturated carbocycles. The van der Waals surface area contributed by atoms with Crippen molar-refractivity contribution >= 4 is 29.2 Å². The van der Waals surface area contributed by atoms with Crippen LogP contribution in [0.5, 0.6) is 0 Å². The lowest BCUT2D eigenvalue weighted by Crippen LogP contribution is -2.02. The van der Waals surface area contributed by atoms with E-state index in [9.17, 15) is 0 Å². The Morgan fingerprint density at radius 1 is 1.03 bits per heavy atom. The Morgan fingerprint density at radius 3 is 2.66 bits per heavy atom. The van der Waals surface area contributed by atoms with Gasteiger partial charge in [-0.2, -0.15) is 0 Å². The third-order valence-corrected chi connectivity index (χ3v) is 5.64. The number of nitrogens with zero attached hydrogens (tertiary/aromatic N) is 3. The molecule has 0 saturated heterocycles. The van der Waals surface area contributed by atoms with E-state index < -0.39 is 0 Å². The molecule has 146 valence electrons. The Kier molecular flexibility index (Phi) is 6.12. The molecule has 0 unspecified atom stereocenters. The Hall–Kier alpha value is -2.83. The molecule has 1 N–H and O–H groups in total. The molecular weight excluding hydrogens is 404 g/mol. The molecule has 0 bridgehead atoms. The highest BCUT2D eigenvalue weighted by Gasteiger charge is 2.12. The number of hydrogen-bond acceptors (Lipinski definition) is 6. The smallest absolute Gasteiger partial charge is 0.226 e. The highest BCUT2D eigenvalue weighted by Crippen LogP contribution is 2.27. The van der Waals surface area contributed by atoms with E-state index in [1.807, 2.05) is 67.6 Å². The van der Waals surface area contributed by atoms with Gasteiger partial charge >= 0.3 is 0 Å². The summed E-state index contributed by atoms with van der Waals surface area (Å²) < 4.78 is 5.83. The van der Waals surface area contributed by atoms with E-state index in [1.54, 1.807) is 18.1 Å². The molecule has 0 fully saturated rings. The minimum Gasteiger partial charge on any atom is -0.441 e. The molecule has 0 aliphatic heterocycles. The lowest BCUT2D eigenvalue weighted by Gasteiger charge is -2.08. The van der Waals surface area contributed by atoms with Gasteiger partial charge in [-0.1, -0.05) is 59.8 Å². The molecule has 0 aliphatic carbocycles. The highest BCUT2D eigenvalue weighted by molar-refractivity contribution is 7.98. The molecule has 5 nitrogen and oxygen atoms in total. The van der Waals surface area contributed by atoms with E-state index in [-0.39, 0.29) is 0 Å². The van der Waals surface area contributed by atoms with Gasteiger partial charge in [-0.3, -0.25) is 0 Å². The topological polar surface area (TPSA) is 63.8 Å². The maximum absolute atomic E-state index is 6.21. The predicted molar refractivity (Wildman–Crippen MR) is 117 cm³/mol. The quantitative estimate of drug-likeness (QED) is 0.291. The summed E-state index contributed by atoms with van der Waals surface area (Å²) in [6.07, 6.45) is 1.56. The second kappa shape index (κ2) is 9.11. The number of halogens is 1. The number of hydrogen-bond donors (Lipinski definition) is 1. The number of nitrogens with one attached hydrogen (secondary N) is 1. The first kappa shape index (κ1) is 19.5. The molecular formula is C22H19ClN4OS. The summed E-state index contributed by atoms with van der Waals surface area (Å²) >= 11 is 7.80. The van der Waals surface area contributed by atoms with Crippen LogP contribution in [0.2, 0.25) is 5.02 Å². The van der Waals surface area contributed by atoms with Gasteiger partial charge in [0.05, 0.1) is 5.69 Å². The van der Waals surface area contributed by atoms with E-state index in [1.165, 1.54) is 0 Å². The average molecular weight is 423 g/mol. The third-order valence-electron chi connectivity index (χ3n) is 4.33. The number of aromatic nitrogens is 3. The van der Waals surface area contributed by atoms with E-state index in [4.69, 9.17) is 16.0 Å².